The average molecular weight is 333 g/mol. The molecule has 0 bridgehead atoms. The van der Waals surface area contributed by atoms with E-state index in [4.69, 9.17) is 0 Å². The highest BCUT2D eigenvalue weighted by molar-refractivity contribution is 5.73. The molecule has 0 aliphatic heterocycles. The van der Waals surface area contributed by atoms with Gasteiger partial charge in [0.15, 0.2) is 0 Å². The Bertz CT molecular complexity index is 781. The van der Waals surface area contributed by atoms with Gasteiger partial charge in [0, 0.05) is 31.3 Å². The molecule has 3 rings (SSSR count). The van der Waals surface area contributed by atoms with Gasteiger partial charge in [-0.3, -0.25) is 4.79 Å². The number of carbonyl (C=O) groups is 1. The van der Waals surface area contributed by atoms with Crippen LogP contribution in [0.2, 0.25) is 0 Å². The fourth-order valence-electron chi connectivity index (χ4n) is 2.87. The van der Waals surface area contributed by atoms with Crippen LogP contribution in [0, 0.1) is 17.8 Å². The van der Waals surface area contributed by atoms with E-state index in [1.54, 1.807) is 12.4 Å². The van der Waals surface area contributed by atoms with Crippen molar-refractivity contribution in [3.8, 4) is 11.8 Å². The summed E-state index contributed by atoms with van der Waals surface area (Å²) >= 11 is 0. The van der Waals surface area contributed by atoms with Crippen LogP contribution in [0.15, 0.2) is 36.7 Å². The molecule has 1 heterocycles. The third-order valence-electron chi connectivity index (χ3n) is 4.58. The van der Waals surface area contributed by atoms with Gasteiger partial charge >= 0.3 is 0 Å². The fraction of sp³-hybridized carbons (Fsp3) is 0.381. The smallest absolute Gasteiger partial charge is 0.217 e. The number of nitrogens with zero attached hydrogens (tertiary/aromatic N) is 2. The van der Waals surface area contributed by atoms with Crippen molar-refractivity contribution in [1.82, 2.24) is 15.3 Å². The van der Waals surface area contributed by atoms with Gasteiger partial charge in [0.2, 0.25) is 5.91 Å². The lowest BCUT2D eigenvalue weighted by Gasteiger charge is -2.24. The van der Waals surface area contributed by atoms with E-state index in [0.717, 1.165) is 34.9 Å². The van der Waals surface area contributed by atoms with E-state index < -0.39 is 0 Å². The molecule has 1 N–H and O–H groups in total. The second-order valence-corrected chi connectivity index (χ2v) is 6.68. The second kappa shape index (κ2) is 7.94. The van der Waals surface area contributed by atoms with Crippen LogP contribution in [0.5, 0.6) is 0 Å². The molecular formula is C21H23N3O. The third kappa shape index (κ3) is 4.90. The van der Waals surface area contributed by atoms with Crippen molar-refractivity contribution in [3.63, 3.8) is 0 Å². The van der Waals surface area contributed by atoms with Crippen molar-refractivity contribution >= 4 is 5.91 Å². The van der Waals surface area contributed by atoms with E-state index in [-0.39, 0.29) is 11.9 Å². The highest BCUT2D eigenvalue weighted by Gasteiger charge is 2.18. The van der Waals surface area contributed by atoms with E-state index in [0.29, 0.717) is 0 Å². The molecule has 0 radical (unpaired) electrons. The first-order chi connectivity index (χ1) is 12.1. The van der Waals surface area contributed by atoms with Gasteiger partial charge in [-0.2, -0.15) is 0 Å². The number of rotatable bonds is 4. The highest BCUT2D eigenvalue weighted by atomic mass is 16.1. The Morgan fingerprint density at radius 2 is 1.80 bits per heavy atom. The van der Waals surface area contributed by atoms with Gasteiger partial charge in [-0.1, -0.05) is 43.2 Å². The summed E-state index contributed by atoms with van der Waals surface area (Å²) in [6.45, 7) is 3.49. The summed E-state index contributed by atoms with van der Waals surface area (Å²) in [4.78, 5) is 20.0. The molecule has 1 amide bonds. The van der Waals surface area contributed by atoms with Crippen LogP contribution in [0.1, 0.15) is 61.7 Å². The van der Waals surface area contributed by atoms with Crippen molar-refractivity contribution in [2.75, 3.05) is 0 Å². The number of hydrogen-bond donors (Lipinski definition) is 1. The molecule has 0 spiro atoms. The lowest BCUT2D eigenvalue weighted by atomic mass is 9.83. The van der Waals surface area contributed by atoms with Crippen LogP contribution in [0.3, 0.4) is 0 Å². The van der Waals surface area contributed by atoms with E-state index in [2.05, 4.69) is 27.1 Å². The predicted molar refractivity (Wildman–Crippen MR) is 97.7 cm³/mol. The monoisotopic (exact) mass is 333 g/mol. The molecule has 25 heavy (non-hydrogen) atoms. The molecule has 0 saturated heterocycles. The van der Waals surface area contributed by atoms with Gasteiger partial charge in [0.1, 0.15) is 5.82 Å². The van der Waals surface area contributed by atoms with E-state index in [1.807, 2.05) is 31.2 Å². The maximum atomic E-state index is 11.1. The summed E-state index contributed by atoms with van der Waals surface area (Å²) in [7, 11) is 0. The van der Waals surface area contributed by atoms with E-state index >= 15 is 0 Å². The molecule has 1 saturated carbocycles. The Balaban J connectivity index is 1.61. The average Bonchev–Trinajstić information content (AvgIpc) is 2.57. The van der Waals surface area contributed by atoms with Gasteiger partial charge in [-0.25, -0.2) is 9.97 Å². The van der Waals surface area contributed by atoms with Crippen molar-refractivity contribution in [1.29, 1.82) is 0 Å². The summed E-state index contributed by atoms with van der Waals surface area (Å²) in [5.41, 5.74) is 2.81. The molecule has 128 valence electrons. The SMILES string of the molecule is CC(=O)N[C@@H](C)c1ccc(C#Cc2cnc(CC3CCC3)nc2)cc1. The van der Waals surface area contributed by atoms with Gasteiger partial charge in [0.05, 0.1) is 11.6 Å². The molecule has 4 nitrogen and oxygen atoms in total. The first-order valence-electron chi connectivity index (χ1n) is 8.80. The van der Waals surface area contributed by atoms with Crippen LogP contribution in [0.4, 0.5) is 0 Å². The minimum atomic E-state index is -0.0304. The summed E-state index contributed by atoms with van der Waals surface area (Å²) in [6, 6.07) is 7.90. The summed E-state index contributed by atoms with van der Waals surface area (Å²) in [6.07, 6.45) is 8.56. The van der Waals surface area contributed by atoms with Gasteiger partial charge in [0.25, 0.3) is 0 Å². The maximum absolute atomic E-state index is 11.1. The van der Waals surface area contributed by atoms with Crippen molar-refractivity contribution in [3.05, 3.63) is 59.2 Å². The van der Waals surface area contributed by atoms with Gasteiger partial charge < -0.3 is 5.32 Å². The number of hydrogen-bond acceptors (Lipinski definition) is 3. The number of nitrogens with one attached hydrogen (secondary N) is 1. The molecule has 0 unspecified atom stereocenters. The molecular weight excluding hydrogens is 310 g/mol. The third-order valence-corrected chi connectivity index (χ3v) is 4.58. The Labute approximate surface area is 149 Å². The van der Waals surface area contributed by atoms with Crippen molar-refractivity contribution in [2.24, 2.45) is 5.92 Å². The molecule has 1 aliphatic rings. The lowest BCUT2D eigenvalue weighted by Crippen LogP contribution is -2.23. The van der Waals surface area contributed by atoms with Crippen LogP contribution in [-0.4, -0.2) is 15.9 Å². The zero-order valence-corrected chi connectivity index (χ0v) is 14.7. The van der Waals surface area contributed by atoms with Gasteiger partial charge in [-0.05, 0) is 30.5 Å². The Morgan fingerprint density at radius 1 is 1.16 bits per heavy atom. The predicted octanol–water partition coefficient (Wildman–Crippen LogP) is 3.42. The summed E-state index contributed by atoms with van der Waals surface area (Å²) < 4.78 is 0. The first-order valence-corrected chi connectivity index (χ1v) is 8.80. The fourth-order valence-corrected chi connectivity index (χ4v) is 2.87. The molecule has 1 atom stereocenters. The van der Waals surface area contributed by atoms with Crippen LogP contribution in [-0.2, 0) is 11.2 Å². The van der Waals surface area contributed by atoms with E-state index in [9.17, 15) is 4.79 Å². The summed E-state index contributed by atoms with van der Waals surface area (Å²) in [5, 5.41) is 2.87. The van der Waals surface area contributed by atoms with Crippen molar-refractivity contribution < 1.29 is 4.79 Å². The number of carbonyl (C=O) groups excluding carboxylic acids is 1. The molecule has 1 aliphatic carbocycles. The lowest BCUT2D eigenvalue weighted by molar-refractivity contribution is -0.119. The normalized spacial score (nSPS) is 14.8. The first kappa shape index (κ1) is 17.2. The largest absolute Gasteiger partial charge is 0.350 e. The molecule has 1 aromatic carbocycles. The number of aromatic nitrogens is 2. The zero-order valence-electron chi connectivity index (χ0n) is 14.7. The summed E-state index contributed by atoms with van der Waals surface area (Å²) in [5.74, 6) is 7.90. The van der Waals surface area contributed by atoms with E-state index in [1.165, 1.54) is 26.2 Å². The van der Waals surface area contributed by atoms with Crippen LogP contribution >= 0.6 is 0 Å². The second-order valence-electron chi connectivity index (χ2n) is 6.68. The van der Waals surface area contributed by atoms with Crippen LogP contribution < -0.4 is 5.32 Å². The molecule has 1 fully saturated rings. The number of amides is 1. The van der Waals surface area contributed by atoms with Gasteiger partial charge in [-0.15, -0.1) is 0 Å². The highest BCUT2D eigenvalue weighted by Crippen LogP contribution is 2.28. The Kier molecular flexibility index (Phi) is 5.45. The molecule has 1 aromatic heterocycles. The topological polar surface area (TPSA) is 54.9 Å². The minimum absolute atomic E-state index is 0.00359. The van der Waals surface area contributed by atoms with Crippen LogP contribution in [0.25, 0.3) is 0 Å². The molecule has 2 aromatic rings. The molecule has 4 heteroatoms. The zero-order chi connectivity index (χ0) is 17.6. The standard InChI is InChI=1S/C21H23N3O/c1-15(24-16(2)25)20-10-8-17(9-11-20)6-7-19-13-22-21(23-14-19)12-18-4-3-5-18/h8-11,13-15,18H,3-5,12H2,1-2H3,(H,24,25)/t15-/m0/s1. The number of benzene rings is 1. The quantitative estimate of drug-likeness (QED) is 0.872. The maximum Gasteiger partial charge on any atom is 0.217 e. The Morgan fingerprint density at radius 3 is 2.36 bits per heavy atom. The van der Waals surface area contributed by atoms with Crippen molar-refractivity contribution in [2.45, 2.75) is 45.6 Å². The Hall–Kier alpha value is -2.67. The minimum Gasteiger partial charge on any atom is -0.350 e.